The molecule has 0 aliphatic carbocycles. The Labute approximate surface area is 158 Å². The van der Waals surface area contributed by atoms with Gasteiger partial charge in [-0.2, -0.15) is 0 Å². The monoisotopic (exact) mass is 381 g/mol. The van der Waals surface area contributed by atoms with Crippen LogP contribution in [0.15, 0.2) is 29.8 Å². The smallest absolute Gasteiger partial charge is 0.237 e. The molecule has 0 radical (unpaired) electrons. The molecule has 3 N–H and O–H groups in total. The van der Waals surface area contributed by atoms with Crippen LogP contribution in [0.2, 0.25) is 0 Å². The number of aromatic nitrogens is 1. The van der Waals surface area contributed by atoms with E-state index >= 15 is 0 Å². The van der Waals surface area contributed by atoms with Gasteiger partial charge in [0, 0.05) is 6.54 Å². The SMILES string of the molecule is CCc1ncsc1-c1ccc([C@H](C)NC(=O)[C@@H]2C[C@@H](O)CN2)cc1.Cl. The highest BCUT2D eigenvalue weighted by atomic mass is 35.5. The van der Waals surface area contributed by atoms with Gasteiger partial charge in [-0.05, 0) is 30.9 Å². The highest BCUT2D eigenvalue weighted by molar-refractivity contribution is 7.13. The highest BCUT2D eigenvalue weighted by Gasteiger charge is 2.28. The zero-order valence-electron chi connectivity index (χ0n) is 14.4. The molecule has 0 bridgehead atoms. The number of amides is 1. The standard InChI is InChI=1S/C18H23N3O2S.ClH/c1-3-15-17(24-10-20-15)13-6-4-12(5-7-13)11(2)21-18(23)16-8-14(22)9-19-16;/h4-7,10-11,14,16,19,22H,3,8-9H2,1-2H3,(H,21,23);1H/t11-,14+,16-;/m0./s1. The summed E-state index contributed by atoms with van der Waals surface area (Å²) in [6.45, 7) is 4.57. The molecule has 5 nitrogen and oxygen atoms in total. The predicted molar refractivity (Wildman–Crippen MR) is 103 cm³/mol. The molecule has 2 heterocycles. The Morgan fingerprint density at radius 1 is 1.44 bits per heavy atom. The van der Waals surface area contributed by atoms with Crippen molar-refractivity contribution in [1.29, 1.82) is 0 Å². The number of aryl methyl sites for hydroxylation is 1. The molecule has 7 heteroatoms. The summed E-state index contributed by atoms with van der Waals surface area (Å²) in [4.78, 5) is 17.8. The first-order valence-corrected chi connectivity index (χ1v) is 9.21. The number of carbonyl (C=O) groups excluding carboxylic acids is 1. The lowest BCUT2D eigenvalue weighted by atomic mass is 10.0. The van der Waals surface area contributed by atoms with Crippen molar-refractivity contribution in [3.63, 3.8) is 0 Å². The Kier molecular flexibility index (Phi) is 6.95. The number of carbonyl (C=O) groups is 1. The Bertz CT molecular complexity index is 705. The summed E-state index contributed by atoms with van der Waals surface area (Å²) in [5.74, 6) is -0.0566. The van der Waals surface area contributed by atoms with Crippen molar-refractivity contribution in [3.8, 4) is 10.4 Å². The summed E-state index contributed by atoms with van der Waals surface area (Å²) in [6.07, 6.45) is 0.971. The van der Waals surface area contributed by atoms with Crippen molar-refractivity contribution < 1.29 is 9.90 Å². The maximum absolute atomic E-state index is 12.2. The van der Waals surface area contributed by atoms with E-state index in [1.807, 2.05) is 12.4 Å². The molecule has 0 unspecified atom stereocenters. The molecule has 1 aliphatic heterocycles. The zero-order valence-corrected chi connectivity index (χ0v) is 16.0. The van der Waals surface area contributed by atoms with E-state index in [0.29, 0.717) is 13.0 Å². The third-order valence-electron chi connectivity index (χ3n) is 4.43. The molecule has 3 atom stereocenters. The topological polar surface area (TPSA) is 74.2 Å². The first-order chi connectivity index (χ1) is 11.6. The van der Waals surface area contributed by atoms with Gasteiger partial charge in [-0.25, -0.2) is 4.98 Å². The average molecular weight is 382 g/mol. The lowest BCUT2D eigenvalue weighted by molar-refractivity contribution is -0.123. The number of nitrogens with zero attached hydrogens (tertiary/aromatic N) is 1. The van der Waals surface area contributed by atoms with Crippen molar-refractivity contribution in [2.45, 2.75) is 44.9 Å². The minimum absolute atomic E-state index is 0. The molecule has 1 aromatic heterocycles. The number of hydrogen-bond acceptors (Lipinski definition) is 5. The molecule has 1 saturated heterocycles. The van der Waals surface area contributed by atoms with Crippen LogP contribution in [0.5, 0.6) is 0 Å². The maximum atomic E-state index is 12.2. The third kappa shape index (κ3) is 4.58. The summed E-state index contributed by atoms with van der Waals surface area (Å²) >= 11 is 1.66. The summed E-state index contributed by atoms with van der Waals surface area (Å²) in [5.41, 5.74) is 5.24. The van der Waals surface area contributed by atoms with Crippen molar-refractivity contribution in [1.82, 2.24) is 15.6 Å². The largest absolute Gasteiger partial charge is 0.392 e. The molecule has 3 rings (SSSR count). The molecule has 136 valence electrons. The van der Waals surface area contributed by atoms with Crippen LogP contribution < -0.4 is 10.6 Å². The zero-order chi connectivity index (χ0) is 17.1. The molecule has 2 aromatic rings. The lowest BCUT2D eigenvalue weighted by Gasteiger charge is -2.18. The van der Waals surface area contributed by atoms with E-state index < -0.39 is 6.10 Å². The summed E-state index contributed by atoms with van der Waals surface area (Å²) in [5, 5.41) is 15.6. The van der Waals surface area contributed by atoms with E-state index in [2.05, 4.69) is 46.8 Å². The van der Waals surface area contributed by atoms with Gasteiger partial charge in [0.1, 0.15) is 0 Å². The second-order valence-electron chi connectivity index (χ2n) is 6.18. The van der Waals surface area contributed by atoms with Crippen molar-refractivity contribution >= 4 is 29.7 Å². The van der Waals surface area contributed by atoms with Crippen LogP contribution in [-0.2, 0) is 11.2 Å². The fourth-order valence-corrected chi connectivity index (χ4v) is 3.88. The van der Waals surface area contributed by atoms with Crippen LogP contribution in [-0.4, -0.2) is 34.7 Å². The number of rotatable bonds is 5. The number of thiazole rings is 1. The number of hydrogen-bond donors (Lipinski definition) is 3. The summed E-state index contributed by atoms with van der Waals surface area (Å²) in [6, 6.07) is 7.90. The number of aliphatic hydroxyl groups is 1. The fourth-order valence-electron chi connectivity index (χ4n) is 2.99. The van der Waals surface area contributed by atoms with E-state index in [0.717, 1.165) is 23.2 Å². The van der Waals surface area contributed by atoms with Gasteiger partial charge in [-0.1, -0.05) is 31.2 Å². The molecule has 1 aromatic carbocycles. The second kappa shape index (κ2) is 8.76. The number of nitrogens with one attached hydrogen (secondary N) is 2. The minimum Gasteiger partial charge on any atom is -0.392 e. The maximum Gasteiger partial charge on any atom is 0.237 e. The molecular formula is C18H24ClN3O2S. The molecule has 0 spiro atoms. The number of halogens is 1. The molecule has 25 heavy (non-hydrogen) atoms. The van der Waals surface area contributed by atoms with Crippen LogP contribution in [0.3, 0.4) is 0 Å². The van der Waals surface area contributed by atoms with Crippen LogP contribution in [0.4, 0.5) is 0 Å². The summed E-state index contributed by atoms with van der Waals surface area (Å²) in [7, 11) is 0. The predicted octanol–water partition coefficient (Wildman–Crippen LogP) is 2.69. The normalized spacial score (nSPS) is 20.8. The van der Waals surface area contributed by atoms with Gasteiger partial charge in [-0.15, -0.1) is 23.7 Å². The first-order valence-electron chi connectivity index (χ1n) is 8.33. The Morgan fingerprint density at radius 3 is 2.76 bits per heavy atom. The van der Waals surface area contributed by atoms with Gasteiger partial charge < -0.3 is 15.7 Å². The summed E-state index contributed by atoms with van der Waals surface area (Å²) < 4.78 is 0. The molecular weight excluding hydrogens is 358 g/mol. The number of aliphatic hydroxyl groups excluding tert-OH is 1. The second-order valence-corrected chi connectivity index (χ2v) is 7.04. The molecule has 1 amide bonds. The first kappa shape index (κ1) is 19.8. The van der Waals surface area contributed by atoms with Gasteiger partial charge in [0.25, 0.3) is 0 Å². The lowest BCUT2D eigenvalue weighted by Crippen LogP contribution is -2.41. The van der Waals surface area contributed by atoms with Crippen molar-refractivity contribution in [2.24, 2.45) is 0 Å². The van der Waals surface area contributed by atoms with Crippen LogP contribution in [0.1, 0.15) is 37.6 Å². The third-order valence-corrected chi connectivity index (χ3v) is 5.35. The van der Waals surface area contributed by atoms with Crippen molar-refractivity contribution in [3.05, 3.63) is 41.0 Å². The molecule has 1 aliphatic rings. The quantitative estimate of drug-likeness (QED) is 0.744. The number of benzene rings is 1. The highest BCUT2D eigenvalue weighted by Crippen LogP contribution is 2.29. The minimum atomic E-state index is -0.428. The Morgan fingerprint density at radius 2 is 2.16 bits per heavy atom. The van der Waals surface area contributed by atoms with Crippen molar-refractivity contribution in [2.75, 3.05) is 6.54 Å². The van der Waals surface area contributed by atoms with Gasteiger partial charge in [0.2, 0.25) is 5.91 Å². The Balaban J connectivity index is 0.00000225. The van der Waals surface area contributed by atoms with E-state index in [1.165, 1.54) is 4.88 Å². The van der Waals surface area contributed by atoms with Crippen LogP contribution in [0, 0.1) is 0 Å². The van der Waals surface area contributed by atoms with E-state index in [1.54, 1.807) is 11.3 Å². The van der Waals surface area contributed by atoms with Gasteiger partial charge in [0.05, 0.1) is 34.3 Å². The van der Waals surface area contributed by atoms with Gasteiger partial charge in [-0.3, -0.25) is 4.79 Å². The fraction of sp³-hybridized carbons (Fsp3) is 0.444. The van der Waals surface area contributed by atoms with E-state index in [4.69, 9.17) is 0 Å². The van der Waals surface area contributed by atoms with Gasteiger partial charge in [0.15, 0.2) is 0 Å². The molecule has 1 fully saturated rings. The average Bonchev–Trinajstić information content (AvgIpc) is 3.23. The van der Waals surface area contributed by atoms with E-state index in [9.17, 15) is 9.90 Å². The van der Waals surface area contributed by atoms with Crippen LogP contribution in [0.25, 0.3) is 10.4 Å². The molecule has 0 saturated carbocycles. The van der Waals surface area contributed by atoms with Gasteiger partial charge >= 0.3 is 0 Å². The number of β-amino-alcohol motifs (C(OH)–C–C–N with tert-alkyl or cyclic N) is 1. The Hall–Kier alpha value is -1.47. The van der Waals surface area contributed by atoms with E-state index in [-0.39, 0.29) is 30.4 Å². The van der Waals surface area contributed by atoms with Crippen LogP contribution >= 0.6 is 23.7 Å².